The van der Waals surface area contributed by atoms with Gasteiger partial charge in [-0.15, -0.1) is 0 Å². The zero-order chi connectivity index (χ0) is 19.9. The lowest BCUT2D eigenvalue weighted by Gasteiger charge is -2.36. The van der Waals surface area contributed by atoms with Gasteiger partial charge >= 0.3 is 0 Å². The summed E-state index contributed by atoms with van der Waals surface area (Å²) in [6.45, 7) is 5.31. The molecular weight excluding hydrogens is 356 g/mol. The fourth-order valence-electron chi connectivity index (χ4n) is 3.15. The fraction of sp³-hybridized carbons (Fsp3) is 0.381. The van der Waals surface area contributed by atoms with Crippen LogP contribution < -0.4 is 15.0 Å². The number of hydrogen-bond donors (Lipinski definition) is 1. The van der Waals surface area contributed by atoms with Crippen molar-refractivity contribution in [3.63, 3.8) is 0 Å². The third-order valence-electron chi connectivity index (χ3n) is 4.78. The third-order valence-corrected chi connectivity index (χ3v) is 4.78. The molecule has 1 aromatic heterocycles. The molecule has 0 aliphatic carbocycles. The molecular formula is C21H26N4O3. The zero-order valence-corrected chi connectivity index (χ0v) is 16.4. The lowest BCUT2D eigenvalue weighted by Crippen LogP contribution is -2.49. The Morgan fingerprint density at radius 1 is 1.11 bits per heavy atom. The normalized spacial score (nSPS) is 13.9. The summed E-state index contributed by atoms with van der Waals surface area (Å²) in [5.41, 5.74) is 1.88. The first kappa shape index (κ1) is 19.7. The van der Waals surface area contributed by atoms with Crippen molar-refractivity contribution >= 4 is 17.5 Å². The second kappa shape index (κ2) is 9.21. The van der Waals surface area contributed by atoms with Crippen molar-refractivity contribution in [2.24, 2.45) is 0 Å². The number of anilines is 1. The predicted molar refractivity (Wildman–Crippen MR) is 108 cm³/mol. The molecule has 0 atom stereocenters. The molecule has 28 heavy (non-hydrogen) atoms. The molecule has 2 heterocycles. The van der Waals surface area contributed by atoms with Gasteiger partial charge in [0, 0.05) is 50.2 Å². The summed E-state index contributed by atoms with van der Waals surface area (Å²) in [5.74, 6) is 0.508. The summed E-state index contributed by atoms with van der Waals surface area (Å²) in [5, 5.41) is 2.82. The molecule has 0 radical (unpaired) electrons. The molecule has 1 saturated heterocycles. The molecule has 1 aromatic carbocycles. The molecule has 1 N–H and O–H groups in total. The van der Waals surface area contributed by atoms with Crippen molar-refractivity contribution in [3.05, 3.63) is 53.9 Å². The van der Waals surface area contributed by atoms with Crippen LogP contribution in [-0.4, -0.2) is 61.5 Å². The number of pyridine rings is 1. The average Bonchev–Trinajstić information content (AvgIpc) is 2.77. The highest BCUT2D eigenvalue weighted by Gasteiger charge is 2.23. The van der Waals surface area contributed by atoms with Gasteiger partial charge in [0.25, 0.3) is 11.8 Å². The molecule has 7 nitrogen and oxygen atoms in total. The van der Waals surface area contributed by atoms with E-state index >= 15 is 0 Å². The van der Waals surface area contributed by atoms with E-state index in [-0.39, 0.29) is 11.8 Å². The fourth-order valence-corrected chi connectivity index (χ4v) is 3.15. The van der Waals surface area contributed by atoms with E-state index < -0.39 is 0 Å². The number of aromatic nitrogens is 1. The first-order valence-electron chi connectivity index (χ1n) is 9.55. The van der Waals surface area contributed by atoms with E-state index in [1.54, 1.807) is 24.1 Å². The van der Waals surface area contributed by atoms with E-state index in [4.69, 9.17) is 4.74 Å². The molecule has 1 aliphatic rings. The molecule has 2 aromatic rings. The van der Waals surface area contributed by atoms with E-state index in [0.717, 1.165) is 30.9 Å². The minimum Gasteiger partial charge on any atom is -0.497 e. The number of carbonyl (C=O) groups excluding carboxylic acids is 2. The summed E-state index contributed by atoms with van der Waals surface area (Å²) in [6.07, 6.45) is 2.38. The lowest BCUT2D eigenvalue weighted by atomic mass is 10.2. The Bertz CT molecular complexity index is 815. The third kappa shape index (κ3) is 4.60. The number of carbonyl (C=O) groups is 2. The van der Waals surface area contributed by atoms with E-state index in [9.17, 15) is 9.59 Å². The number of hydrogen-bond acceptors (Lipinski definition) is 5. The average molecular weight is 382 g/mol. The Kier molecular flexibility index (Phi) is 6.47. The molecule has 1 fully saturated rings. The van der Waals surface area contributed by atoms with Gasteiger partial charge in [-0.1, -0.05) is 6.92 Å². The van der Waals surface area contributed by atoms with Crippen LogP contribution in [0.4, 0.5) is 5.69 Å². The predicted octanol–water partition coefficient (Wildman–Crippen LogP) is 2.19. The molecule has 3 rings (SSSR count). The van der Waals surface area contributed by atoms with Gasteiger partial charge in [0.15, 0.2) is 0 Å². The van der Waals surface area contributed by atoms with Crippen LogP contribution in [0.3, 0.4) is 0 Å². The van der Waals surface area contributed by atoms with Gasteiger partial charge in [0.05, 0.1) is 7.11 Å². The van der Waals surface area contributed by atoms with E-state index in [1.807, 2.05) is 31.2 Å². The summed E-state index contributed by atoms with van der Waals surface area (Å²) < 4.78 is 5.20. The maximum Gasteiger partial charge on any atom is 0.272 e. The number of amides is 2. The van der Waals surface area contributed by atoms with Crippen LogP contribution in [0.25, 0.3) is 0 Å². The number of methoxy groups -OCH3 is 1. The lowest BCUT2D eigenvalue weighted by molar-refractivity contribution is 0.0741. The van der Waals surface area contributed by atoms with Gasteiger partial charge in [-0.25, -0.2) is 0 Å². The van der Waals surface area contributed by atoms with Crippen LogP contribution in [0.15, 0.2) is 42.6 Å². The van der Waals surface area contributed by atoms with E-state index in [0.29, 0.717) is 30.9 Å². The van der Waals surface area contributed by atoms with Crippen molar-refractivity contribution in [2.75, 3.05) is 44.7 Å². The van der Waals surface area contributed by atoms with E-state index in [2.05, 4.69) is 15.2 Å². The van der Waals surface area contributed by atoms with Gasteiger partial charge in [-0.3, -0.25) is 14.6 Å². The maximum absolute atomic E-state index is 12.8. The number of piperazine rings is 1. The number of ether oxygens (including phenoxy) is 1. The van der Waals surface area contributed by atoms with Crippen molar-refractivity contribution in [1.29, 1.82) is 0 Å². The molecule has 7 heteroatoms. The van der Waals surface area contributed by atoms with Crippen LogP contribution >= 0.6 is 0 Å². The Morgan fingerprint density at radius 3 is 2.46 bits per heavy atom. The topological polar surface area (TPSA) is 74.8 Å². The molecule has 1 aliphatic heterocycles. The highest BCUT2D eigenvalue weighted by Crippen LogP contribution is 2.21. The van der Waals surface area contributed by atoms with Crippen molar-refractivity contribution in [3.8, 4) is 5.75 Å². The molecule has 2 amide bonds. The zero-order valence-electron chi connectivity index (χ0n) is 16.4. The number of benzene rings is 1. The van der Waals surface area contributed by atoms with Crippen molar-refractivity contribution in [1.82, 2.24) is 15.2 Å². The van der Waals surface area contributed by atoms with Gasteiger partial charge in [-0.05, 0) is 42.8 Å². The maximum atomic E-state index is 12.8. The summed E-state index contributed by atoms with van der Waals surface area (Å²) in [4.78, 5) is 33.1. The standard InChI is InChI=1S/C21H26N4O3/c1-3-9-23-20(26)16-8-10-22-19(15-16)21(27)25-13-11-24(12-14-25)17-4-6-18(28-2)7-5-17/h4-8,10,15H,3,9,11-14H2,1-2H3,(H,23,26). The van der Waals surface area contributed by atoms with E-state index in [1.165, 1.54) is 6.20 Å². The van der Waals surface area contributed by atoms with Gasteiger partial charge in [-0.2, -0.15) is 0 Å². The molecule has 0 spiro atoms. The second-order valence-corrected chi connectivity index (χ2v) is 6.66. The highest BCUT2D eigenvalue weighted by molar-refractivity contribution is 5.98. The Balaban J connectivity index is 1.61. The first-order valence-corrected chi connectivity index (χ1v) is 9.55. The second-order valence-electron chi connectivity index (χ2n) is 6.66. The van der Waals surface area contributed by atoms with Crippen LogP contribution in [0, 0.1) is 0 Å². The Labute approximate surface area is 165 Å². The van der Waals surface area contributed by atoms with Gasteiger partial charge in [0.2, 0.25) is 0 Å². The number of nitrogens with one attached hydrogen (secondary N) is 1. The molecule has 0 bridgehead atoms. The van der Waals surface area contributed by atoms with Gasteiger partial charge < -0.3 is 19.9 Å². The van der Waals surface area contributed by atoms with Crippen molar-refractivity contribution in [2.45, 2.75) is 13.3 Å². The number of nitrogens with zero attached hydrogens (tertiary/aromatic N) is 3. The Morgan fingerprint density at radius 2 is 1.82 bits per heavy atom. The van der Waals surface area contributed by atoms with Crippen molar-refractivity contribution < 1.29 is 14.3 Å². The van der Waals surface area contributed by atoms with Crippen LogP contribution in [-0.2, 0) is 0 Å². The quantitative estimate of drug-likeness (QED) is 0.829. The van der Waals surface area contributed by atoms with Gasteiger partial charge in [0.1, 0.15) is 11.4 Å². The smallest absolute Gasteiger partial charge is 0.272 e. The monoisotopic (exact) mass is 382 g/mol. The highest BCUT2D eigenvalue weighted by atomic mass is 16.5. The van der Waals surface area contributed by atoms with Crippen LogP contribution in [0.2, 0.25) is 0 Å². The number of rotatable bonds is 6. The molecule has 0 saturated carbocycles. The van der Waals surface area contributed by atoms with Crippen LogP contribution in [0.5, 0.6) is 5.75 Å². The molecule has 148 valence electrons. The summed E-state index contributed by atoms with van der Waals surface area (Å²) in [6, 6.07) is 11.1. The summed E-state index contributed by atoms with van der Waals surface area (Å²) in [7, 11) is 1.65. The van der Waals surface area contributed by atoms with Crippen LogP contribution in [0.1, 0.15) is 34.2 Å². The largest absolute Gasteiger partial charge is 0.497 e. The minimum absolute atomic E-state index is 0.139. The Hall–Kier alpha value is -3.09. The first-order chi connectivity index (χ1) is 13.6. The molecule has 0 unspecified atom stereocenters. The SMILES string of the molecule is CCCNC(=O)c1ccnc(C(=O)N2CCN(c3ccc(OC)cc3)CC2)c1. The summed E-state index contributed by atoms with van der Waals surface area (Å²) >= 11 is 0. The minimum atomic E-state index is -0.178.